The number of carbonyl (C=O) groups is 2. The second-order valence-electron chi connectivity index (χ2n) is 4.61. The second kappa shape index (κ2) is 7.51. The number of nitrogens with zero attached hydrogens (tertiary/aromatic N) is 2. The number of amides is 1. The number of hydrogen-bond donors (Lipinski definition) is 4. The molecule has 1 unspecified atom stereocenters. The largest absolute Gasteiger partial charge is 0.489 e. The van der Waals surface area contributed by atoms with Gasteiger partial charge < -0.3 is 20.5 Å². The molecule has 12 heteroatoms. The van der Waals surface area contributed by atoms with Gasteiger partial charge in [0, 0.05) is 0 Å². The Morgan fingerprint density at radius 2 is 2.04 bits per heavy atom. The van der Waals surface area contributed by atoms with Gasteiger partial charge in [-0.05, 0) is 23.2 Å². The van der Waals surface area contributed by atoms with Gasteiger partial charge in [0.25, 0.3) is 0 Å². The van der Waals surface area contributed by atoms with Gasteiger partial charge in [0.2, 0.25) is 5.91 Å². The van der Waals surface area contributed by atoms with Crippen molar-refractivity contribution in [1.82, 2.24) is 5.32 Å². The third kappa shape index (κ3) is 4.37. The first-order chi connectivity index (χ1) is 11.3. The van der Waals surface area contributed by atoms with Crippen LogP contribution >= 0.6 is 11.8 Å². The number of halogens is 2. The summed E-state index contributed by atoms with van der Waals surface area (Å²) < 4.78 is 26.3. The predicted octanol–water partition coefficient (Wildman–Crippen LogP) is -0.959. The molecule has 0 bridgehead atoms. The van der Waals surface area contributed by atoms with Crippen LogP contribution in [0, 0.1) is 11.6 Å². The van der Waals surface area contributed by atoms with Crippen molar-refractivity contribution in [3.8, 4) is 0 Å². The monoisotopic (exact) mass is 357 g/mol. The fraction of sp³-hybridized carbons (Fsp3) is 0.167. The Kier molecular flexibility index (Phi) is 5.64. The third-order valence-corrected chi connectivity index (χ3v) is 3.96. The van der Waals surface area contributed by atoms with E-state index in [1.807, 2.05) is 0 Å². The molecule has 1 amide bonds. The topological polar surface area (TPSA) is 132 Å². The summed E-state index contributed by atoms with van der Waals surface area (Å²) in [5.74, 6) is -4.14. The van der Waals surface area contributed by atoms with Gasteiger partial charge in [-0.1, -0.05) is 11.8 Å². The normalized spacial score (nSPS) is 19.1. The minimum absolute atomic E-state index is 0.0381. The number of amidine groups is 1. The highest BCUT2D eigenvalue weighted by Gasteiger charge is 2.32. The third-order valence-electron chi connectivity index (χ3n) is 2.89. The van der Waals surface area contributed by atoms with Gasteiger partial charge in [-0.3, -0.25) is 9.59 Å². The van der Waals surface area contributed by atoms with E-state index in [1.54, 1.807) is 0 Å². The van der Waals surface area contributed by atoms with E-state index in [2.05, 4.69) is 15.5 Å². The maximum absolute atomic E-state index is 13.2. The molecule has 1 aliphatic heterocycles. The smallest absolute Gasteiger partial charge is 0.481 e. The van der Waals surface area contributed by atoms with Gasteiger partial charge >= 0.3 is 13.1 Å². The number of carboxylic acid groups (broad SMARTS) is 1. The van der Waals surface area contributed by atoms with Crippen LogP contribution in [0.1, 0.15) is 12.0 Å². The average Bonchev–Trinajstić information content (AvgIpc) is 2.81. The minimum Gasteiger partial charge on any atom is -0.481 e. The second-order valence-corrected chi connectivity index (χ2v) is 5.80. The minimum atomic E-state index is -2.05. The standard InChI is InChI=1S/C12H10BF2N3O5S/c14-7-1-5(6(13(22)23)2-8(7)15)4-16-18-12-17-11(21)9(24-12)3-10(19)20/h1-2,4,9,22-23H,3H2,(H,19,20)(H,17,18,21). The van der Waals surface area contributed by atoms with Gasteiger partial charge in [-0.2, -0.15) is 5.10 Å². The Bertz CT molecular complexity index is 744. The molecule has 1 aromatic carbocycles. The van der Waals surface area contributed by atoms with Gasteiger partial charge in [0.1, 0.15) is 5.25 Å². The van der Waals surface area contributed by atoms with Crippen LogP contribution in [-0.2, 0) is 9.59 Å². The summed E-state index contributed by atoms with van der Waals surface area (Å²) in [5.41, 5.74) is -0.436. The Hall–Kier alpha value is -2.31. The lowest BCUT2D eigenvalue weighted by atomic mass is 9.77. The molecule has 0 aliphatic carbocycles. The molecule has 4 N–H and O–H groups in total. The van der Waals surface area contributed by atoms with E-state index < -0.39 is 35.9 Å². The molecule has 1 fully saturated rings. The fourth-order valence-electron chi connectivity index (χ4n) is 1.80. The summed E-state index contributed by atoms with van der Waals surface area (Å²) >= 11 is 0.860. The molecule has 126 valence electrons. The molecule has 1 aliphatic rings. The molecule has 1 saturated heterocycles. The van der Waals surface area contributed by atoms with Crippen LogP contribution in [0.5, 0.6) is 0 Å². The first-order valence-electron chi connectivity index (χ1n) is 6.43. The van der Waals surface area contributed by atoms with Crippen LogP contribution in [0.2, 0.25) is 0 Å². The number of hydrogen-bond acceptors (Lipinski definition) is 7. The maximum atomic E-state index is 13.2. The lowest BCUT2D eigenvalue weighted by molar-refractivity contribution is -0.138. The van der Waals surface area contributed by atoms with Gasteiger partial charge in [0.05, 0.1) is 12.6 Å². The number of benzene rings is 1. The molecule has 0 radical (unpaired) electrons. The summed E-state index contributed by atoms with van der Waals surface area (Å²) in [6, 6.07) is 1.32. The van der Waals surface area contributed by atoms with E-state index in [-0.39, 0.29) is 22.6 Å². The van der Waals surface area contributed by atoms with E-state index in [1.165, 1.54) is 0 Å². The molecule has 1 heterocycles. The van der Waals surface area contributed by atoms with E-state index in [9.17, 15) is 18.4 Å². The number of aliphatic carboxylic acids is 1. The Balaban J connectivity index is 2.16. The van der Waals surface area contributed by atoms with Crippen LogP contribution in [0.15, 0.2) is 22.3 Å². The van der Waals surface area contributed by atoms with Crippen molar-refractivity contribution in [2.45, 2.75) is 11.7 Å². The van der Waals surface area contributed by atoms with Crippen LogP contribution in [-0.4, -0.2) is 50.8 Å². The highest BCUT2D eigenvalue weighted by atomic mass is 32.2. The average molecular weight is 357 g/mol. The molecular formula is C12H10BF2N3O5S. The van der Waals surface area contributed by atoms with Crippen molar-refractivity contribution in [1.29, 1.82) is 0 Å². The van der Waals surface area contributed by atoms with Crippen molar-refractivity contribution in [3.63, 3.8) is 0 Å². The fourth-order valence-corrected chi connectivity index (χ4v) is 2.72. The van der Waals surface area contributed by atoms with E-state index in [4.69, 9.17) is 15.2 Å². The quantitative estimate of drug-likeness (QED) is 0.305. The lowest BCUT2D eigenvalue weighted by Gasteiger charge is -2.04. The summed E-state index contributed by atoms with van der Waals surface area (Å²) in [4.78, 5) is 22.1. The van der Waals surface area contributed by atoms with Crippen LogP contribution in [0.25, 0.3) is 0 Å². The zero-order valence-corrected chi connectivity index (χ0v) is 12.6. The van der Waals surface area contributed by atoms with Crippen molar-refractivity contribution < 1.29 is 33.5 Å². The molecule has 2 rings (SSSR count). The lowest BCUT2D eigenvalue weighted by Crippen LogP contribution is -2.33. The summed E-state index contributed by atoms with van der Waals surface area (Å²) in [6.07, 6.45) is 0.560. The number of carboxylic acids is 1. The van der Waals surface area contributed by atoms with Crippen molar-refractivity contribution >= 4 is 47.6 Å². The van der Waals surface area contributed by atoms with Gasteiger partial charge in [-0.25, -0.2) is 8.78 Å². The summed E-state index contributed by atoms with van der Waals surface area (Å²) in [5, 5.41) is 35.6. The summed E-state index contributed by atoms with van der Waals surface area (Å²) in [6.45, 7) is 0. The molecule has 1 aromatic rings. The molecule has 1 atom stereocenters. The molecule has 0 saturated carbocycles. The molecule has 24 heavy (non-hydrogen) atoms. The number of thioether (sulfide) groups is 1. The predicted molar refractivity (Wildman–Crippen MR) is 83.0 cm³/mol. The highest BCUT2D eigenvalue weighted by molar-refractivity contribution is 8.15. The van der Waals surface area contributed by atoms with Crippen LogP contribution < -0.4 is 10.8 Å². The number of nitrogens with one attached hydrogen (secondary N) is 1. The van der Waals surface area contributed by atoms with E-state index in [0.29, 0.717) is 12.1 Å². The Morgan fingerprint density at radius 1 is 1.38 bits per heavy atom. The molecule has 0 spiro atoms. The Morgan fingerprint density at radius 3 is 2.67 bits per heavy atom. The zero-order chi connectivity index (χ0) is 17.9. The zero-order valence-electron chi connectivity index (χ0n) is 11.8. The van der Waals surface area contributed by atoms with Crippen LogP contribution in [0.4, 0.5) is 8.78 Å². The molecule has 8 nitrogen and oxygen atoms in total. The number of carbonyl (C=O) groups excluding carboxylic acids is 1. The SMILES string of the molecule is O=C(O)CC1SC(=NN=Cc2cc(F)c(F)cc2B(O)O)NC1=O. The highest BCUT2D eigenvalue weighted by Crippen LogP contribution is 2.22. The van der Waals surface area contributed by atoms with Crippen molar-refractivity contribution in [2.75, 3.05) is 0 Å². The number of rotatable bonds is 5. The first kappa shape index (κ1) is 18.0. The van der Waals surface area contributed by atoms with Gasteiger partial charge in [-0.15, -0.1) is 5.10 Å². The van der Waals surface area contributed by atoms with Crippen molar-refractivity contribution in [2.24, 2.45) is 10.2 Å². The molecular weight excluding hydrogens is 347 g/mol. The summed E-state index contributed by atoms with van der Waals surface area (Å²) in [7, 11) is -2.05. The van der Waals surface area contributed by atoms with Gasteiger partial charge in [0.15, 0.2) is 16.8 Å². The van der Waals surface area contributed by atoms with Crippen molar-refractivity contribution in [3.05, 3.63) is 29.3 Å². The first-order valence-corrected chi connectivity index (χ1v) is 7.31. The van der Waals surface area contributed by atoms with Crippen LogP contribution in [0.3, 0.4) is 0 Å². The maximum Gasteiger partial charge on any atom is 0.489 e. The van der Waals surface area contributed by atoms with E-state index >= 15 is 0 Å². The Labute approximate surface area is 138 Å². The van der Waals surface area contributed by atoms with E-state index in [0.717, 1.165) is 18.0 Å². The molecule has 0 aromatic heterocycles.